The van der Waals surface area contributed by atoms with E-state index < -0.39 is 132 Å². The molecule has 2 atom stereocenters. The number of esters is 10. The van der Waals surface area contributed by atoms with Crippen LogP contribution in [0.2, 0.25) is 0 Å². The molecule has 12 aliphatic rings. The van der Waals surface area contributed by atoms with E-state index in [2.05, 4.69) is 78.3 Å². The number of hydrogen-bond acceptors (Lipinski definition) is 35. The third kappa shape index (κ3) is 30.2. The number of para-hydroxylation sites is 1. The Morgan fingerprint density at radius 3 is 1.01 bits per heavy atom. The number of ether oxygens (including phenoxy) is 10. The summed E-state index contributed by atoms with van der Waals surface area (Å²) in [5, 5.41) is 70.6. The molecule has 0 amide bonds. The van der Waals surface area contributed by atoms with Crippen molar-refractivity contribution in [2.45, 2.75) is 145 Å². The number of hydrogen-bond donors (Lipinski definition) is 0. The molecule has 35 nitrogen and oxygen atoms in total. The molecule has 0 aromatic heterocycles. The summed E-state index contributed by atoms with van der Waals surface area (Å²) in [5.41, 5.74) is -2.23. The molecule has 16 rings (SSSR count). The van der Waals surface area contributed by atoms with Gasteiger partial charge in [-0.25, -0.2) is 43.2 Å². The number of carbonyl (C=O) groups is 18. The summed E-state index contributed by atoms with van der Waals surface area (Å²) in [6, 6.07) is 20.9. The van der Waals surface area contributed by atoms with Crippen LogP contribution in [0.5, 0.6) is 23.0 Å². The van der Waals surface area contributed by atoms with Crippen LogP contribution >= 0.6 is 90.4 Å². The maximum absolute atomic E-state index is 12.1. The Morgan fingerprint density at radius 1 is 0.361 bits per heavy atom. The van der Waals surface area contributed by atoms with Crippen LogP contribution in [0.25, 0.3) is 0 Å². The van der Waals surface area contributed by atoms with Crippen LogP contribution in [-0.2, 0) is 121 Å². The molecule has 119 heavy (non-hydrogen) atoms. The van der Waals surface area contributed by atoms with E-state index in [1.165, 1.54) is 62.8 Å². The zero-order chi connectivity index (χ0) is 88.0. The first-order valence-corrected chi connectivity index (χ1v) is 40.3. The Bertz CT molecular complexity index is 4400. The molecular formula is C77H68F3I4O35-7. The molecule has 42 heteroatoms. The third-order valence-electron chi connectivity index (χ3n) is 20.0. The normalized spacial score (nSPS) is 23.9. The van der Waals surface area contributed by atoms with Crippen molar-refractivity contribution in [2.75, 3.05) is 19.8 Å². The van der Waals surface area contributed by atoms with Gasteiger partial charge in [0.2, 0.25) is 0 Å². The van der Waals surface area contributed by atoms with Gasteiger partial charge in [0, 0.05) is 25.4 Å². The van der Waals surface area contributed by atoms with Crippen LogP contribution < -0.4 is 54.7 Å². The fourth-order valence-corrected chi connectivity index (χ4v) is 20.8. The first-order valence-electron chi connectivity index (χ1n) is 36.0. The van der Waals surface area contributed by atoms with Gasteiger partial charge in [0.25, 0.3) is 0 Å². The maximum atomic E-state index is 12.1. The fourth-order valence-electron chi connectivity index (χ4n) is 16.7. The minimum Gasteiger partial charge on any atom is -0.539 e. The van der Waals surface area contributed by atoms with Crippen molar-refractivity contribution in [1.82, 2.24) is 0 Å². The van der Waals surface area contributed by atoms with E-state index >= 15 is 0 Å². The van der Waals surface area contributed by atoms with Gasteiger partial charge in [-0.1, -0.05) is 18.2 Å². The van der Waals surface area contributed by atoms with Gasteiger partial charge in [-0.05, 0) is 320 Å². The molecule has 12 fully saturated rings. The van der Waals surface area contributed by atoms with Crippen molar-refractivity contribution in [2.24, 2.45) is 53.3 Å². The Hall–Kier alpha value is -9.75. The molecule has 12 bridgehead atoms. The van der Waals surface area contributed by atoms with Crippen LogP contribution in [0.1, 0.15) is 128 Å². The summed E-state index contributed by atoms with van der Waals surface area (Å²) in [7, 11) is 0. The van der Waals surface area contributed by atoms with Gasteiger partial charge in [0.05, 0.1) is 19.3 Å². The summed E-state index contributed by atoms with van der Waals surface area (Å²) < 4.78 is 87.0. The lowest BCUT2D eigenvalue weighted by Crippen LogP contribution is -2.57. The lowest BCUT2D eigenvalue weighted by molar-refractivity contribution is -0.304. The van der Waals surface area contributed by atoms with Crippen molar-refractivity contribution in [3.05, 3.63) is 111 Å². The van der Waals surface area contributed by atoms with Gasteiger partial charge < -0.3 is 117 Å². The van der Waals surface area contributed by atoms with E-state index in [4.69, 9.17) is 14.2 Å². The van der Waals surface area contributed by atoms with Crippen molar-refractivity contribution >= 4 is 198 Å². The monoisotopic (exact) mass is 2120 g/mol. The highest BCUT2D eigenvalue weighted by molar-refractivity contribution is 14.1. The van der Waals surface area contributed by atoms with E-state index in [-0.39, 0.29) is 71.6 Å². The molecule has 0 saturated heterocycles. The molecule has 0 aliphatic heterocycles. The second-order valence-electron chi connectivity index (χ2n) is 29.0. The van der Waals surface area contributed by atoms with E-state index in [9.17, 15) is 135 Å². The van der Waals surface area contributed by atoms with Gasteiger partial charge in [-0.2, -0.15) is 13.2 Å². The van der Waals surface area contributed by atoms with Gasteiger partial charge in [0.1, 0.15) is 39.8 Å². The number of rotatable bonds is 15. The Morgan fingerprint density at radius 2 is 0.664 bits per heavy atom. The van der Waals surface area contributed by atoms with Crippen molar-refractivity contribution in [3.63, 3.8) is 0 Å². The van der Waals surface area contributed by atoms with Crippen LogP contribution in [-0.4, -0.2) is 144 Å². The van der Waals surface area contributed by atoms with E-state index in [1.807, 2.05) is 45.2 Å². The van der Waals surface area contributed by atoms with Crippen LogP contribution in [0.15, 0.2) is 91.0 Å². The van der Waals surface area contributed by atoms with Gasteiger partial charge in [0.15, 0.2) is 60.7 Å². The topological polar surface area (TPSA) is 561 Å². The van der Waals surface area contributed by atoms with Crippen molar-refractivity contribution in [3.8, 4) is 23.0 Å². The number of halogens is 7. The third-order valence-corrected chi connectivity index (χ3v) is 22.9. The average molecular weight is 2120 g/mol. The zero-order valence-corrected chi connectivity index (χ0v) is 70.5. The second-order valence-corrected chi connectivity index (χ2v) is 33.8. The molecule has 12 saturated carbocycles. The molecule has 642 valence electrons. The Balaban J connectivity index is 0.000000194. The standard InChI is InChI=1S/C16H22O6.C14H16O7.C14H18O6.C9H5F3O4.C8H3I3O4.C8H5IO4.C8H6O4/c17-13(2-1-3-21-15(20)14(18)19)22-16-7-10-4-11(8-16)6-12(5-10)9-16;15-10(6-20-13(19)12(17)18)21-14-3-7-1-8(4-14)11(16)9(2-7)5-14;15-11(7-19-13(18)12(16)17)20-14-4-8-1-9(5-14)3-10(2-8)6-14;10-9(11,12)5-1-3-6(4-2-5)16-8(15)7(13)14;9-3-1-4(10)6(5(11)2-3)15-8(14)7(12)13;9-5-1-3-6(4-2-5)13-8(12)7(10)11;9-7(10)8(11)12-6-4-2-1-3-5-6/h10-12H,1-9H2,(H,18,19);7-9H,1-6H2,(H,17,18);8-10H,1-7H2,(H,16,17);1-4H,(H,13,14);1-2H,(H,12,13);1-4H,(H,10,11);1-5H,(H,9,10)/p-7. The van der Waals surface area contributed by atoms with Crippen molar-refractivity contribution < 1.29 is 183 Å². The molecule has 0 spiro atoms. The molecule has 4 aromatic rings. The molecular weight excluding hydrogens is 2050 g/mol. The quantitative estimate of drug-likeness (QED) is 0.0381. The van der Waals surface area contributed by atoms with Gasteiger partial charge >= 0.3 is 65.9 Å². The first kappa shape index (κ1) is 96.4. The summed E-state index contributed by atoms with van der Waals surface area (Å²) in [4.78, 5) is 192. The number of ketones is 1. The number of Topliss-reactive ketones (excluding diaryl/α,β-unsaturated/α-hetero) is 1. The highest BCUT2D eigenvalue weighted by Crippen LogP contribution is 2.59. The molecule has 0 radical (unpaired) electrons. The number of carboxylic acids is 7. The maximum Gasteiger partial charge on any atom is 0.416 e. The predicted octanol–water partition coefficient (Wildman–Crippen LogP) is 0.139. The van der Waals surface area contributed by atoms with E-state index in [1.54, 1.807) is 42.5 Å². The summed E-state index contributed by atoms with van der Waals surface area (Å²) in [5.74, 6) is -20.5. The summed E-state index contributed by atoms with van der Waals surface area (Å²) in [6.07, 6.45) is 12.6. The van der Waals surface area contributed by atoms with Crippen molar-refractivity contribution in [1.29, 1.82) is 0 Å². The molecule has 0 N–H and O–H groups in total. The van der Waals surface area contributed by atoms with E-state index in [0.717, 1.165) is 77.1 Å². The predicted molar refractivity (Wildman–Crippen MR) is 403 cm³/mol. The number of aliphatic carboxylic acids is 7. The number of carboxylic acid groups (broad SMARTS) is 7. The second kappa shape index (κ2) is 43.5. The lowest BCUT2D eigenvalue weighted by atomic mass is 9.53. The number of carbonyl (C=O) groups excluding carboxylic acids is 18. The fraction of sp³-hybridized carbons (Fsp3) is 0.455. The largest absolute Gasteiger partial charge is 0.539 e. The summed E-state index contributed by atoms with van der Waals surface area (Å²) in [6.45, 7) is -1.51. The Labute approximate surface area is 726 Å². The molecule has 2 unspecified atom stereocenters. The van der Waals surface area contributed by atoms with Crippen LogP contribution in [0, 0.1) is 67.5 Å². The van der Waals surface area contributed by atoms with E-state index in [0.29, 0.717) is 73.5 Å². The van der Waals surface area contributed by atoms with Gasteiger partial charge in [-0.15, -0.1) is 0 Å². The molecule has 4 aromatic carbocycles. The Kier molecular flexibility index (Phi) is 35.2. The lowest BCUT2D eigenvalue weighted by Gasteiger charge is -2.55. The number of alkyl halides is 3. The van der Waals surface area contributed by atoms with Gasteiger partial charge in [-0.3, -0.25) is 9.59 Å². The smallest absolute Gasteiger partial charge is 0.416 e. The minimum atomic E-state index is -4.50. The zero-order valence-electron chi connectivity index (χ0n) is 61.8. The molecule has 12 aliphatic carbocycles. The average Bonchev–Trinajstić information content (AvgIpc) is 0.750. The highest BCUT2D eigenvalue weighted by atomic mass is 127. The number of benzene rings is 4. The summed E-state index contributed by atoms with van der Waals surface area (Å²) >= 11 is 8.13. The highest BCUT2D eigenvalue weighted by Gasteiger charge is 2.58. The van der Waals surface area contributed by atoms with Crippen LogP contribution in [0.4, 0.5) is 13.2 Å². The first-order chi connectivity index (χ1) is 55.8. The van der Waals surface area contributed by atoms with Crippen LogP contribution in [0.3, 0.4) is 0 Å². The molecule has 0 heterocycles. The minimum absolute atomic E-state index is 0.0326. The SMILES string of the molecule is O=C(CCCOC(=O)C(=O)[O-])OC12CC3CC(CC(C3)C1)C2.O=C(COC(=O)C(=O)[O-])OC12CC3CC(C1)C(=O)C(C3)C2.O=C(COC(=O)C(=O)[O-])OC12CC3CC(CC(C3)C1)C2.O=C([O-])C(=O)Oc1c(I)cc(I)cc1I.O=C([O-])C(=O)Oc1ccc(C(F)(F)F)cc1.O=C([O-])C(=O)Oc1ccc(I)cc1.O=C([O-])C(=O)Oc1ccccc1.